The Hall–Kier alpha value is -2.49. The van der Waals surface area contributed by atoms with E-state index in [0.29, 0.717) is 4.47 Å². The fourth-order valence-electron chi connectivity index (χ4n) is 2.48. The lowest BCUT2D eigenvalue weighted by molar-refractivity contribution is 0.0445. The maximum atomic E-state index is 14.6. The Morgan fingerprint density at radius 1 is 1.33 bits per heavy atom. The molecule has 0 fully saturated rings. The molecule has 0 unspecified atom stereocenters. The highest BCUT2D eigenvalue weighted by Crippen LogP contribution is 2.29. The molecule has 1 atom stereocenters. The number of alkyl carbamates (subject to hydrolysis) is 1. The van der Waals surface area contributed by atoms with Crippen LogP contribution < -0.4 is 5.32 Å². The number of carbonyl (C=O) groups is 2. The minimum absolute atomic E-state index is 0.134. The maximum absolute atomic E-state index is 14.6. The van der Waals surface area contributed by atoms with Crippen molar-refractivity contribution >= 4 is 28.0 Å². The number of aromatic nitrogens is 3. The first-order valence-electron chi connectivity index (χ1n) is 8.00. The van der Waals surface area contributed by atoms with Crippen LogP contribution in [-0.4, -0.2) is 37.8 Å². The van der Waals surface area contributed by atoms with Gasteiger partial charge in [-0.25, -0.2) is 18.7 Å². The third-order valence-electron chi connectivity index (χ3n) is 3.60. The van der Waals surface area contributed by atoms with Crippen molar-refractivity contribution in [3.63, 3.8) is 0 Å². The van der Waals surface area contributed by atoms with Gasteiger partial charge in [0.2, 0.25) is 0 Å². The predicted molar refractivity (Wildman–Crippen MR) is 97.8 cm³/mol. The molecule has 1 aromatic heterocycles. The summed E-state index contributed by atoms with van der Waals surface area (Å²) in [6.45, 7) is 6.47. The molecule has 0 radical (unpaired) electrons. The molecule has 27 heavy (non-hydrogen) atoms. The molecule has 0 aliphatic heterocycles. The van der Waals surface area contributed by atoms with Crippen molar-refractivity contribution in [1.29, 1.82) is 0 Å². The van der Waals surface area contributed by atoms with E-state index in [4.69, 9.17) is 4.74 Å². The van der Waals surface area contributed by atoms with Gasteiger partial charge in [0.25, 0.3) is 0 Å². The molecule has 2 aromatic rings. The van der Waals surface area contributed by atoms with Gasteiger partial charge in [0, 0.05) is 10.0 Å². The third-order valence-corrected chi connectivity index (χ3v) is 4.10. The Morgan fingerprint density at radius 2 is 2.00 bits per heavy atom. The summed E-state index contributed by atoms with van der Waals surface area (Å²) in [7, 11) is 0. The average Bonchev–Trinajstić information content (AvgIpc) is 2.95. The van der Waals surface area contributed by atoms with Crippen molar-refractivity contribution in [2.24, 2.45) is 0 Å². The smallest absolute Gasteiger partial charge is 0.408 e. The molecule has 0 saturated carbocycles. The van der Waals surface area contributed by atoms with Gasteiger partial charge in [0.1, 0.15) is 11.4 Å². The molecule has 1 amide bonds. The summed E-state index contributed by atoms with van der Waals surface area (Å²) >= 11 is 3.28. The van der Waals surface area contributed by atoms with E-state index in [1.165, 1.54) is 18.2 Å². The summed E-state index contributed by atoms with van der Waals surface area (Å²) < 4.78 is 21.5. The van der Waals surface area contributed by atoms with E-state index < -0.39 is 29.0 Å². The summed E-state index contributed by atoms with van der Waals surface area (Å²) in [5.74, 6) is -1.82. The molecule has 0 saturated heterocycles. The number of carbonyl (C=O) groups excluding carboxylic acids is 1. The highest BCUT2D eigenvalue weighted by Gasteiger charge is 2.35. The van der Waals surface area contributed by atoms with E-state index in [0.717, 1.165) is 10.9 Å². The minimum Gasteiger partial charge on any atom is -0.476 e. The van der Waals surface area contributed by atoms with Crippen LogP contribution >= 0.6 is 15.9 Å². The SMILES string of the molecule is CC(C)(C)OC(=O)N[C@@](C)(Cn1nncc1C(=O)O)c1cc(Br)ccc1F. The van der Waals surface area contributed by atoms with Crippen LogP contribution in [0.1, 0.15) is 43.7 Å². The topological polar surface area (TPSA) is 106 Å². The number of ether oxygens (including phenoxy) is 1. The molecule has 0 aliphatic carbocycles. The van der Waals surface area contributed by atoms with Crippen LogP contribution in [0.2, 0.25) is 0 Å². The molecule has 1 heterocycles. The number of amides is 1. The summed E-state index contributed by atoms with van der Waals surface area (Å²) in [5, 5.41) is 19.2. The monoisotopic (exact) mass is 442 g/mol. The molecule has 1 aromatic carbocycles. The zero-order chi connectivity index (χ0) is 20.4. The summed E-state index contributed by atoms with van der Waals surface area (Å²) in [6.07, 6.45) is 0.300. The quantitative estimate of drug-likeness (QED) is 0.735. The average molecular weight is 443 g/mol. The van der Waals surface area contributed by atoms with Crippen molar-refractivity contribution in [2.45, 2.75) is 45.4 Å². The largest absolute Gasteiger partial charge is 0.476 e. The van der Waals surface area contributed by atoms with Crippen LogP contribution in [0.4, 0.5) is 9.18 Å². The van der Waals surface area contributed by atoms with Gasteiger partial charge in [0.05, 0.1) is 18.3 Å². The maximum Gasteiger partial charge on any atom is 0.408 e. The van der Waals surface area contributed by atoms with Crippen molar-refractivity contribution in [2.75, 3.05) is 0 Å². The fourth-order valence-corrected chi connectivity index (χ4v) is 2.84. The highest BCUT2D eigenvalue weighted by molar-refractivity contribution is 9.10. The second-order valence-electron chi connectivity index (χ2n) is 7.17. The van der Waals surface area contributed by atoms with Gasteiger partial charge in [-0.05, 0) is 45.9 Å². The number of halogens is 2. The number of rotatable bonds is 5. The van der Waals surface area contributed by atoms with Crippen molar-refractivity contribution in [3.8, 4) is 0 Å². The van der Waals surface area contributed by atoms with Crippen molar-refractivity contribution < 1.29 is 23.8 Å². The van der Waals surface area contributed by atoms with E-state index in [9.17, 15) is 19.1 Å². The van der Waals surface area contributed by atoms with Crippen LogP contribution in [0.25, 0.3) is 0 Å². The lowest BCUT2D eigenvalue weighted by Gasteiger charge is -2.33. The van der Waals surface area contributed by atoms with E-state index in [1.54, 1.807) is 27.7 Å². The Bertz CT molecular complexity index is 865. The van der Waals surface area contributed by atoms with Crippen molar-refractivity contribution in [3.05, 3.63) is 45.9 Å². The first kappa shape index (κ1) is 20.8. The summed E-state index contributed by atoms with van der Waals surface area (Å²) in [4.78, 5) is 23.7. The van der Waals surface area contributed by atoms with Crippen LogP contribution in [0.15, 0.2) is 28.9 Å². The second-order valence-corrected chi connectivity index (χ2v) is 8.08. The number of hydrogen-bond donors (Lipinski definition) is 2. The van der Waals surface area contributed by atoms with Crippen LogP contribution in [0, 0.1) is 5.82 Å². The molecule has 10 heteroatoms. The third kappa shape index (κ3) is 5.25. The van der Waals surface area contributed by atoms with Crippen LogP contribution in [0.3, 0.4) is 0 Å². The molecule has 0 bridgehead atoms. The van der Waals surface area contributed by atoms with E-state index in [-0.39, 0.29) is 17.8 Å². The van der Waals surface area contributed by atoms with Gasteiger partial charge in [-0.1, -0.05) is 21.1 Å². The molecule has 146 valence electrons. The van der Waals surface area contributed by atoms with E-state index in [1.807, 2.05) is 0 Å². The first-order chi connectivity index (χ1) is 12.4. The van der Waals surface area contributed by atoms with Gasteiger partial charge in [-0.15, -0.1) is 5.10 Å². The Morgan fingerprint density at radius 3 is 2.59 bits per heavy atom. The van der Waals surface area contributed by atoms with Crippen molar-refractivity contribution in [1.82, 2.24) is 20.3 Å². The molecule has 2 N–H and O–H groups in total. The van der Waals surface area contributed by atoms with Gasteiger partial charge in [-0.2, -0.15) is 0 Å². The molecular formula is C17H20BrFN4O4. The number of carboxylic acids is 1. The zero-order valence-corrected chi connectivity index (χ0v) is 16.9. The summed E-state index contributed by atoms with van der Waals surface area (Å²) in [5.41, 5.74) is -2.19. The number of nitrogens with zero attached hydrogens (tertiary/aromatic N) is 3. The molecule has 0 spiro atoms. The summed E-state index contributed by atoms with van der Waals surface area (Å²) in [6, 6.07) is 4.27. The van der Waals surface area contributed by atoms with E-state index >= 15 is 0 Å². The van der Waals surface area contributed by atoms with Gasteiger partial charge < -0.3 is 15.2 Å². The molecule has 0 aliphatic rings. The lowest BCUT2D eigenvalue weighted by atomic mass is 9.91. The molecule has 8 nitrogen and oxygen atoms in total. The highest BCUT2D eigenvalue weighted by atomic mass is 79.9. The van der Waals surface area contributed by atoms with E-state index in [2.05, 4.69) is 31.6 Å². The number of carboxylic acid groups (broad SMARTS) is 1. The lowest BCUT2D eigenvalue weighted by Crippen LogP contribution is -2.49. The normalized spacial score (nSPS) is 13.7. The van der Waals surface area contributed by atoms with Gasteiger partial charge >= 0.3 is 12.1 Å². The molecule has 2 rings (SSSR count). The zero-order valence-electron chi connectivity index (χ0n) is 15.3. The number of benzene rings is 1. The van der Waals surface area contributed by atoms with Crippen LogP contribution in [0.5, 0.6) is 0 Å². The Labute approximate surface area is 163 Å². The van der Waals surface area contributed by atoms with Crippen LogP contribution in [-0.2, 0) is 16.8 Å². The Kier molecular flexibility index (Phi) is 5.88. The minimum atomic E-state index is -1.37. The predicted octanol–water partition coefficient (Wildman–Crippen LogP) is 3.32. The second kappa shape index (κ2) is 7.63. The number of nitrogens with one attached hydrogen (secondary N) is 1. The fraction of sp³-hybridized carbons (Fsp3) is 0.412. The number of hydrogen-bond acceptors (Lipinski definition) is 5. The molecular weight excluding hydrogens is 423 g/mol. The Balaban J connectivity index is 2.47. The van der Waals surface area contributed by atoms with Gasteiger partial charge in [0.15, 0.2) is 5.69 Å². The van der Waals surface area contributed by atoms with Gasteiger partial charge in [-0.3, -0.25) is 0 Å². The number of aromatic carboxylic acids is 1. The first-order valence-corrected chi connectivity index (χ1v) is 8.79. The standard InChI is InChI=1S/C17H20BrFN4O4/c1-16(2,3)27-15(26)21-17(4,11-7-10(18)5-6-12(11)19)9-23-13(14(24)25)8-20-22-23/h5-8H,9H2,1-4H3,(H,21,26)(H,24,25)/t17-/m0/s1.